The first kappa shape index (κ1) is 14.9. The number of benzene rings is 1. The van der Waals surface area contributed by atoms with Crippen molar-refractivity contribution in [1.82, 2.24) is 20.0 Å². The van der Waals surface area contributed by atoms with Crippen LogP contribution in [0.2, 0.25) is 0 Å². The number of aromatic nitrogens is 3. The van der Waals surface area contributed by atoms with Gasteiger partial charge in [0.25, 0.3) is 5.91 Å². The summed E-state index contributed by atoms with van der Waals surface area (Å²) in [6.07, 6.45) is 1.71. The molecule has 0 saturated carbocycles. The first-order valence-electron chi connectivity index (χ1n) is 8.29. The molecule has 0 bridgehead atoms. The zero-order valence-electron chi connectivity index (χ0n) is 13.9. The highest BCUT2D eigenvalue weighted by Crippen LogP contribution is 2.28. The van der Waals surface area contributed by atoms with Crippen LogP contribution in [-0.4, -0.2) is 39.0 Å². The normalized spacial score (nSPS) is 16.0. The average molecular weight is 324 g/mol. The Morgan fingerprint density at radius 2 is 2.04 bits per heavy atom. The highest BCUT2D eigenvalue weighted by atomic mass is 16.5. The zero-order chi connectivity index (χ0) is 16.7. The molecule has 0 atom stereocenters. The number of carbonyl (C=O) groups is 1. The van der Waals surface area contributed by atoms with Gasteiger partial charge in [0.1, 0.15) is 5.69 Å². The molecule has 1 aliphatic rings. The van der Waals surface area contributed by atoms with E-state index in [-0.39, 0.29) is 11.8 Å². The molecule has 24 heavy (non-hydrogen) atoms. The van der Waals surface area contributed by atoms with E-state index >= 15 is 0 Å². The fourth-order valence-electron chi connectivity index (χ4n) is 3.33. The molecule has 4 rings (SSSR count). The lowest BCUT2D eigenvalue weighted by atomic mass is 9.96. The van der Waals surface area contributed by atoms with E-state index in [1.807, 2.05) is 30.9 Å². The highest BCUT2D eigenvalue weighted by molar-refractivity contribution is 5.98. The third-order valence-corrected chi connectivity index (χ3v) is 4.68. The number of hydrogen-bond acceptors (Lipinski definition) is 4. The number of hydrogen-bond donors (Lipinski definition) is 1. The predicted octanol–water partition coefficient (Wildman–Crippen LogP) is 3.19. The molecule has 6 heteroatoms. The third-order valence-electron chi connectivity index (χ3n) is 4.68. The minimum Gasteiger partial charge on any atom is -0.351 e. The second-order valence-corrected chi connectivity index (χ2v) is 6.52. The van der Waals surface area contributed by atoms with Crippen molar-refractivity contribution in [2.45, 2.75) is 32.6 Å². The Kier molecular flexibility index (Phi) is 3.59. The van der Waals surface area contributed by atoms with Crippen LogP contribution in [0.3, 0.4) is 0 Å². The minimum absolute atomic E-state index is 0.0593. The number of amides is 1. The van der Waals surface area contributed by atoms with E-state index in [2.05, 4.69) is 27.3 Å². The molecule has 0 unspecified atom stereocenters. The Labute approximate surface area is 139 Å². The summed E-state index contributed by atoms with van der Waals surface area (Å²) in [7, 11) is 0. The summed E-state index contributed by atoms with van der Waals surface area (Å²) in [5, 5.41) is 4.92. The smallest absolute Gasteiger partial charge is 0.270 e. The van der Waals surface area contributed by atoms with Crippen LogP contribution in [0.1, 0.15) is 46.5 Å². The van der Waals surface area contributed by atoms with Crippen LogP contribution in [0.25, 0.3) is 10.9 Å². The van der Waals surface area contributed by atoms with E-state index in [1.54, 1.807) is 0 Å². The van der Waals surface area contributed by atoms with Crippen LogP contribution in [0.5, 0.6) is 0 Å². The second-order valence-electron chi connectivity index (χ2n) is 6.52. The summed E-state index contributed by atoms with van der Waals surface area (Å²) in [5.74, 6) is 1.67. The van der Waals surface area contributed by atoms with E-state index in [9.17, 15) is 4.79 Å². The number of nitrogens with zero attached hydrogens (tertiary/aromatic N) is 3. The number of nitrogens with one attached hydrogen (secondary N) is 1. The molecule has 0 spiro atoms. The Morgan fingerprint density at radius 1 is 1.25 bits per heavy atom. The number of carbonyl (C=O) groups excluding carboxylic acids is 1. The number of H-pyrrole nitrogens is 1. The van der Waals surface area contributed by atoms with E-state index in [0.29, 0.717) is 30.5 Å². The molecule has 1 aliphatic heterocycles. The standard InChI is InChI=1S/C18H20N4O2/c1-11-3-4-14-10-16(20-15(14)9-11)18(23)22-7-5-13(6-8-22)17-19-12(2)21-24-17/h3-4,9-10,13,20H,5-8H2,1-2H3. The third kappa shape index (κ3) is 2.68. The van der Waals surface area contributed by atoms with E-state index in [1.165, 1.54) is 5.56 Å². The number of likely N-dealkylation sites (tertiary alicyclic amines) is 1. The van der Waals surface area contributed by atoms with Gasteiger partial charge in [-0.1, -0.05) is 17.3 Å². The monoisotopic (exact) mass is 324 g/mol. The van der Waals surface area contributed by atoms with E-state index in [4.69, 9.17) is 4.52 Å². The fraction of sp³-hybridized carbons (Fsp3) is 0.389. The highest BCUT2D eigenvalue weighted by Gasteiger charge is 2.28. The van der Waals surface area contributed by atoms with Gasteiger partial charge in [0, 0.05) is 29.9 Å². The SMILES string of the molecule is Cc1ccc2cc(C(=O)N3CCC(c4nc(C)no4)CC3)[nH]c2c1. The van der Waals surface area contributed by atoms with Gasteiger partial charge in [-0.2, -0.15) is 4.98 Å². The molecule has 6 nitrogen and oxygen atoms in total. The molecule has 1 aromatic carbocycles. The quantitative estimate of drug-likeness (QED) is 0.785. The lowest BCUT2D eigenvalue weighted by Gasteiger charge is -2.30. The number of fused-ring (bicyclic) bond motifs is 1. The molecule has 0 radical (unpaired) electrons. The summed E-state index contributed by atoms with van der Waals surface area (Å²) < 4.78 is 5.26. The molecule has 0 aliphatic carbocycles. The van der Waals surface area contributed by atoms with Crippen molar-refractivity contribution in [3.8, 4) is 0 Å². The van der Waals surface area contributed by atoms with E-state index in [0.717, 1.165) is 23.7 Å². The van der Waals surface area contributed by atoms with Crippen molar-refractivity contribution >= 4 is 16.8 Å². The minimum atomic E-state index is 0.0593. The first-order chi connectivity index (χ1) is 11.6. The number of aromatic amines is 1. The van der Waals surface area contributed by atoms with Gasteiger partial charge in [-0.3, -0.25) is 4.79 Å². The van der Waals surface area contributed by atoms with Crippen LogP contribution >= 0.6 is 0 Å². The fourth-order valence-corrected chi connectivity index (χ4v) is 3.33. The second kappa shape index (κ2) is 5.78. The van der Waals surface area contributed by atoms with Crippen LogP contribution in [0.4, 0.5) is 0 Å². The van der Waals surface area contributed by atoms with Crippen LogP contribution < -0.4 is 0 Å². The molecule has 3 aromatic rings. The summed E-state index contributed by atoms with van der Waals surface area (Å²) in [4.78, 5) is 22.2. The van der Waals surface area contributed by atoms with Gasteiger partial charge in [-0.05, 0) is 44.4 Å². The van der Waals surface area contributed by atoms with Gasteiger partial charge in [0.15, 0.2) is 5.82 Å². The summed E-state index contributed by atoms with van der Waals surface area (Å²) in [5.41, 5.74) is 2.84. The van der Waals surface area contributed by atoms with Crippen molar-refractivity contribution in [1.29, 1.82) is 0 Å². The van der Waals surface area contributed by atoms with Crippen molar-refractivity contribution in [3.63, 3.8) is 0 Å². The van der Waals surface area contributed by atoms with Gasteiger partial charge in [-0.25, -0.2) is 0 Å². The number of aryl methyl sites for hydroxylation is 2. The lowest BCUT2D eigenvalue weighted by molar-refractivity contribution is 0.0699. The maximum atomic E-state index is 12.7. The Morgan fingerprint density at radius 3 is 2.75 bits per heavy atom. The molecular formula is C18H20N4O2. The van der Waals surface area contributed by atoms with Crippen LogP contribution in [0, 0.1) is 13.8 Å². The van der Waals surface area contributed by atoms with Crippen LogP contribution in [-0.2, 0) is 0 Å². The number of rotatable bonds is 2. The maximum absolute atomic E-state index is 12.7. The van der Waals surface area contributed by atoms with Gasteiger partial charge < -0.3 is 14.4 Å². The molecule has 124 valence electrons. The maximum Gasteiger partial charge on any atom is 0.270 e. The molecule has 2 aromatic heterocycles. The molecule has 1 amide bonds. The Bertz CT molecular complexity index is 887. The first-order valence-corrected chi connectivity index (χ1v) is 8.29. The molecule has 3 heterocycles. The van der Waals surface area contributed by atoms with Crippen molar-refractivity contribution in [3.05, 3.63) is 47.2 Å². The van der Waals surface area contributed by atoms with Gasteiger partial charge in [0.05, 0.1) is 0 Å². The summed E-state index contributed by atoms with van der Waals surface area (Å²) in [6, 6.07) is 8.10. The number of piperidine rings is 1. The molecule has 1 N–H and O–H groups in total. The Balaban J connectivity index is 1.47. The van der Waals surface area contributed by atoms with Crippen molar-refractivity contribution in [2.24, 2.45) is 0 Å². The summed E-state index contributed by atoms with van der Waals surface area (Å²) in [6.45, 7) is 5.29. The average Bonchev–Trinajstić information content (AvgIpc) is 3.20. The van der Waals surface area contributed by atoms with Gasteiger partial charge in [0.2, 0.25) is 5.89 Å². The van der Waals surface area contributed by atoms with E-state index < -0.39 is 0 Å². The topological polar surface area (TPSA) is 75.0 Å². The summed E-state index contributed by atoms with van der Waals surface area (Å²) >= 11 is 0. The largest absolute Gasteiger partial charge is 0.351 e. The van der Waals surface area contributed by atoms with Gasteiger partial charge >= 0.3 is 0 Å². The van der Waals surface area contributed by atoms with Crippen molar-refractivity contribution < 1.29 is 9.32 Å². The Hall–Kier alpha value is -2.63. The van der Waals surface area contributed by atoms with Crippen molar-refractivity contribution in [2.75, 3.05) is 13.1 Å². The predicted molar refractivity (Wildman–Crippen MR) is 89.9 cm³/mol. The zero-order valence-corrected chi connectivity index (χ0v) is 13.9. The van der Waals surface area contributed by atoms with Gasteiger partial charge in [-0.15, -0.1) is 0 Å². The molecule has 1 saturated heterocycles. The lowest BCUT2D eigenvalue weighted by Crippen LogP contribution is -2.38. The molecular weight excluding hydrogens is 304 g/mol. The van der Waals surface area contributed by atoms with Crippen LogP contribution in [0.15, 0.2) is 28.8 Å². The molecule has 1 fully saturated rings.